The van der Waals surface area contributed by atoms with Crippen LogP contribution in [0.2, 0.25) is 0 Å². The molecule has 2 aromatic heterocycles. The van der Waals surface area contributed by atoms with Crippen molar-refractivity contribution in [2.24, 2.45) is 5.73 Å². The molecule has 10 rings (SSSR count). The van der Waals surface area contributed by atoms with Crippen molar-refractivity contribution >= 4 is 50.1 Å². The van der Waals surface area contributed by atoms with E-state index in [1.165, 1.54) is 50.6 Å². The van der Waals surface area contributed by atoms with Gasteiger partial charge in [0.05, 0.1) is 35.4 Å². The lowest BCUT2D eigenvalue weighted by Crippen LogP contribution is -2.34. The number of pyridine rings is 2. The van der Waals surface area contributed by atoms with Gasteiger partial charge in [-0.25, -0.2) is 0 Å². The standard InChI is InChI=1S/C34H40N2O3.C21H22BrNO3.C13H19N.ClH/c1-5-24-16-26-18-28(19-27(26)17-25(24)6-2)35-20-32(39-22(3)4)29-12-14-31(34-30(29)13-15-33(37)36-34)38-21-23-10-8-7-9-11-23;1-14(2)26-19(12-22)16-8-10-18(21-17(16)9-11-20(24)23-21)25-13-15-6-4-3-5-7-15;1-3-9-5-11-7-13(14)8-12(11)6-10(9)4-2;/h7-17,22,28,32,35H,5-6,18-21H2,1-4H3,(H,36,37);3-11,14,19H,12-13H2,1-2H3,(H,23,24);5-6,13H,3-4,7-8,14H2,1-2H3;1H/t32-;19-;;/m00../s1. The van der Waals surface area contributed by atoms with E-state index in [2.05, 4.69) is 103 Å². The molecule has 12 heteroatoms. The number of nitrogens with one attached hydrogen (secondary N) is 3. The Balaban J connectivity index is 0.000000193. The van der Waals surface area contributed by atoms with Crippen LogP contribution in [-0.4, -0.2) is 46.1 Å². The van der Waals surface area contributed by atoms with Gasteiger partial charge in [-0.2, -0.15) is 0 Å². The van der Waals surface area contributed by atoms with E-state index in [1.807, 2.05) is 105 Å². The summed E-state index contributed by atoms with van der Waals surface area (Å²) in [7, 11) is 0. The summed E-state index contributed by atoms with van der Waals surface area (Å²) in [6.07, 6.45) is 8.58. The van der Waals surface area contributed by atoms with Crippen molar-refractivity contribution in [3.05, 3.63) is 221 Å². The zero-order chi connectivity index (χ0) is 56.0. The molecule has 0 fully saturated rings. The highest BCUT2D eigenvalue weighted by Crippen LogP contribution is 2.35. The lowest BCUT2D eigenvalue weighted by atomic mass is 9.97. The molecule has 0 unspecified atom stereocenters. The highest BCUT2D eigenvalue weighted by Gasteiger charge is 2.26. The SMILES string of the molecule is CC(C)O[C@@H](CBr)c1ccc(OCc2ccccc2)c2[nH]c(=O)ccc12.CCc1cc2c(cc1CC)CC(N)C2.CCc1cc2c(cc1CC)CC(NC[C@H](OC(C)C)c1ccc(OCc3ccccc3)c3[nH]c(=O)ccc13)C2.Cl. The quantitative estimate of drug-likeness (QED) is 0.0553. The van der Waals surface area contributed by atoms with Gasteiger partial charge >= 0.3 is 0 Å². The van der Waals surface area contributed by atoms with Gasteiger partial charge in [-0.3, -0.25) is 9.59 Å². The molecule has 0 aliphatic heterocycles. The maximum Gasteiger partial charge on any atom is 0.248 e. The first-order valence-electron chi connectivity index (χ1n) is 28.6. The number of benzene rings is 6. The van der Waals surface area contributed by atoms with E-state index >= 15 is 0 Å². The van der Waals surface area contributed by atoms with E-state index in [0.717, 1.165) is 84.4 Å². The number of ether oxygens (including phenoxy) is 4. The molecule has 424 valence electrons. The Morgan fingerprint density at radius 1 is 0.537 bits per heavy atom. The van der Waals surface area contributed by atoms with Gasteiger partial charge in [0.25, 0.3) is 0 Å². The number of H-pyrrole nitrogens is 2. The summed E-state index contributed by atoms with van der Waals surface area (Å²) in [5.74, 6) is 1.32. The summed E-state index contributed by atoms with van der Waals surface area (Å²) in [5.41, 5.74) is 23.2. The summed E-state index contributed by atoms with van der Waals surface area (Å²) in [6, 6.07) is 45.1. The van der Waals surface area contributed by atoms with Gasteiger partial charge < -0.3 is 40.0 Å². The molecule has 2 heterocycles. The lowest BCUT2D eigenvalue weighted by Gasteiger charge is -2.25. The number of hydrogen-bond acceptors (Lipinski definition) is 8. The van der Waals surface area contributed by atoms with Crippen LogP contribution in [0.15, 0.2) is 143 Å². The van der Waals surface area contributed by atoms with Crippen LogP contribution in [0.25, 0.3) is 21.8 Å². The van der Waals surface area contributed by atoms with Crippen LogP contribution in [0, 0.1) is 0 Å². The molecule has 0 radical (unpaired) electrons. The monoisotopic (exact) mass is 1160 g/mol. The van der Waals surface area contributed by atoms with Gasteiger partial charge in [0.15, 0.2) is 0 Å². The number of aryl methyl sites for hydroxylation is 4. The van der Waals surface area contributed by atoms with Gasteiger partial charge in [-0.1, -0.05) is 141 Å². The van der Waals surface area contributed by atoms with Crippen LogP contribution in [0.3, 0.4) is 0 Å². The van der Waals surface area contributed by atoms with Gasteiger partial charge in [0, 0.05) is 46.9 Å². The average Bonchev–Trinajstić information content (AvgIpc) is 4.05. The largest absolute Gasteiger partial charge is 0.487 e. The van der Waals surface area contributed by atoms with Crippen LogP contribution >= 0.6 is 28.3 Å². The van der Waals surface area contributed by atoms with E-state index in [0.29, 0.717) is 59.7 Å². The summed E-state index contributed by atoms with van der Waals surface area (Å²) in [5, 5.41) is 6.36. The second-order valence-corrected chi connectivity index (χ2v) is 22.1. The van der Waals surface area contributed by atoms with Crippen molar-refractivity contribution in [1.29, 1.82) is 0 Å². The molecule has 2 atom stereocenters. The molecule has 2 aliphatic carbocycles. The summed E-state index contributed by atoms with van der Waals surface area (Å²) in [6.45, 7) is 18.7. The molecule has 8 aromatic rings. The third-order valence-corrected chi connectivity index (χ3v) is 15.6. The number of alkyl halides is 1. The van der Waals surface area contributed by atoms with Crippen LogP contribution in [0.4, 0.5) is 0 Å². The Labute approximate surface area is 488 Å². The number of rotatable bonds is 20. The molecule has 80 heavy (non-hydrogen) atoms. The molecule has 2 aliphatic rings. The molecule has 6 aromatic carbocycles. The molecule has 5 N–H and O–H groups in total. The highest BCUT2D eigenvalue weighted by molar-refractivity contribution is 9.09. The number of fused-ring (bicyclic) bond motifs is 4. The predicted octanol–water partition coefficient (Wildman–Crippen LogP) is 14.1. The van der Waals surface area contributed by atoms with Crippen molar-refractivity contribution in [2.75, 3.05) is 11.9 Å². The number of aromatic nitrogens is 2. The second kappa shape index (κ2) is 29.6. The van der Waals surface area contributed by atoms with E-state index in [-0.39, 0.29) is 47.9 Å². The van der Waals surface area contributed by atoms with Crippen LogP contribution in [0.5, 0.6) is 11.5 Å². The van der Waals surface area contributed by atoms with Crippen LogP contribution in [-0.2, 0) is 74.1 Å². The van der Waals surface area contributed by atoms with Crippen molar-refractivity contribution in [2.45, 2.75) is 156 Å². The summed E-state index contributed by atoms with van der Waals surface area (Å²) >= 11 is 3.53. The minimum atomic E-state index is -0.164. The number of halogens is 2. The van der Waals surface area contributed by atoms with Gasteiger partial charge in [-0.15, -0.1) is 12.4 Å². The Hall–Kier alpha value is -6.05. The first-order valence-corrected chi connectivity index (χ1v) is 29.7. The Kier molecular flexibility index (Phi) is 22.8. The second-order valence-electron chi connectivity index (χ2n) is 21.5. The van der Waals surface area contributed by atoms with Crippen molar-refractivity contribution < 1.29 is 18.9 Å². The van der Waals surface area contributed by atoms with E-state index in [9.17, 15) is 9.59 Å². The van der Waals surface area contributed by atoms with Crippen molar-refractivity contribution in [1.82, 2.24) is 15.3 Å². The number of aromatic amines is 2. The van der Waals surface area contributed by atoms with Gasteiger partial charge in [0.2, 0.25) is 11.1 Å². The van der Waals surface area contributed by atoms with Crippen molar-refractivity contribution in [3.8, 4) is 11.5 Å². The molecule has 0 bridgehead atoms. The Morgan fingerprint density at radius 3 is 1.31 bits per heavy atom. The first kappa shape index (κ1) is 61.6. The van der Waals surface area contributed by atoms with Gasteiger partial charge in [-0.05, 0) is 170 Å². The fraction of sp³-hybridized carbons (Fsp3) is 0.382. The molecular weight excluding hydrogens is 1080 g/mol. The topological polar surface area (TPSA) is 141 Å². The molecule has 10 nitrogen and oxygen atoms in total. The minimum Gasteiger partial charge on any atom is -0.487 e. The molecule has 0 saturated carbocycles. The third kappa shape index (κ3) is 15.9. The summed E-state index contributed by atoms with van der Waals surface area (Å²) in [4.78, 5) is 30.1. The smallest absolute Gasteiger partial charge is 0.248 e. The number of nitrogens with two attached hydrogens (primary N) is 1. The maximum atomic E-state index is 12.3. The Bertz CT molecular complexity index is 3330. The van der Waals surface area contributed by atoms with Crippen LogP contribution < -0.4 is 31.6 Å². The highest BCUT2D eigenvalue weighted by atomic mass is 79.9. The lowest BCUT2D eigenvalue weighted by molar-refractivity contribution is 0.00660. The van der Waals surface area contributed by atoms with Crippen molar-refractivity contribution in [3.63, 3.8) is 0 Å². The number of hydrogen-bond donors (Lipinski definition) is 4. The fourth-order valence-electron chi connectivity index (χ4n) is 11.2. The van der Waals surface area contributed by atoms with Crippen LogP contribution in [0.1, 0.15) is 134 Å². The molecule has 0 amide bonds. The molecular formula is C68H82BrClN4O6. The van der Waals surface area contributed by atoms with E-state index in [4.69, 9.17) is 24.7 Å². The van der Waals surface area contributed by atoms with Gasteiger partial charge in [0.1, 0.15) is 24.7 Å². The summed E-state index contributed by atoms with van der Waals surface area (Å²) < 4.78 is 24.6. The zero-order valence-electron chi connectivity index (χ0n) is 48.0. The normalized spacial score (nSPS) is 13.8. The Morgan fingerprint density at radius 2 is 0.925 bits per heavy atom. The molecule has 0 saturated heterocycles. The average molecular weight is 1170 g/mol. The van der Waals surface area contributed by atoms with E-state index in [1.54, 1.807) is 6.07 Å². The fourth-order valence-corrected chi connectivity index (χ4v) is 11.7. The third-order valence-electron chi connectivity index (χ3n) is 15.0. The minimum absolute atomic E-state index is 0. The first-order chi connectivity index (χ1) is 38.3. The zero-order valence-corrected chi connectivity index (χ0v) is 50.4. The van der Waals surface area contributed by atoms with E-state index < -0.39 is 0 Å². The predicted molar refractivity (Wildman–Crippen MR) is 335 cm³/mol. The maximum absolute atomic E-state index is 12.3. The molecule has 0 spiro atoms.